The van der Waals surface area contributed by atoms with Crippen LogP contribution in [-0.4, -0.2) is 21.7 Å². The van der Waals surface area contributed by atoms with E-state index in [-0.39, 0.29) is 6.04 Å². The van der Waals surface area contributed by atoms with E-state index < -0.39 is 0 Å². The monoisotopic (exact) mass is 285 g/mol. The highest BCUT2D eigenvalue weighted by molar-refractivity contribution is 5.39. The average Bonchev–Trinajstić information content (AvgIpc) is 2.48. The molecular formula is C16H23N5. The van der Waals surface area contributed by atoms with Crippen LogP contribution >= 0.6 is 0 Å². The summed E-state index contributed by atoms with van der Waals surface area (Å²) in [6.07, 6.45) is 2.73. The van der Waals surface area contributed by atoms with Gasteiger partial charge < -0.3 is 10.6 Å². The highest BCUT2D eigenvalue weighted by atomic mass is 15.3. The predicted octanol–water partition coefficient (Wildman–Crippen LogP) is 3.50. The molecule has 2 rings (SSSR count). The van der Waals surface area contributed by atoms with Crippen LogP contribution in [-0.2, 0) is 0 Å². The van der Waals surface area contributed by atoms with E-state index in [0.717, 1.165) is 18.8 Å². The molecule has 0 fully saturated rings. The second-order valence-corrected chi connectivity index (χ2v) is 5.55. The van der Waals surface area contributed by atoms with Gasteiger partial charge in [0.25, 0.3) is 0 Å². The second kappa shape index (κ2) is 7.57. The average molecular weight is 285 g/mol. The van der Waals surface area contributed by atoms with Gasteiger partial charge in [-0.25, -0.2) is 0 Å². The number of hydrogen-bond donors (Lipinski definition) is 2. The molecule has 5 heteroatoms. The molecule has 1 aromatic heterocycles. The fourth-order valence-electron chi connectivity index (χ4n) is 1.97. The van der Waals surface area contributed by atoms with E-state index in [4.69, 9.17) is 0 Å². The zero-order valence-corrected chi connectivity index (χ0v) is 12.9. The van der Waals surface area contributed by atoms with Crippen molar-refractivity contribution in [1.82, 2.24) is 15.2 Å². The number of benzene rings is 1. The van der Waals surface area contributed by atoms with Gasteiger partial charge >= 0.3 is 0 Å². The summed E-state index contributed by atoms with van der Waals surface area (Å²) in [6, 6.07) is 10.4. The Labute approximate surface area is 126 Å². The van der Waals surface area contributed by atoms with Crippen LogP contribution in [0, 0.1) is 5.92 Å². The third-order valence-corrected chi connectivity index (χ3v) is 3.23. The molecule has 21 heavy (non-hydrogen) atoms. The molecule has 1 unspecified atom stereocenters. The van der Waals surface area contributed by atoms with Crippen LogP contribution in [0.3, 0.4) is 0 Å². The minimum Gasteiger partial charge on any atom is -0.362 e. The molecule has 0 aliphatic rings. The van der Waals surface area contributed by atoms with Crippen LogP contribution in [0.15, 0.2) is 36.5 Å². The molecule has 2 N–H and O–H groups in total. The second-order valence-electron chi connectivity index (χ2n) is 5.55. The fraction of sp³-hybridized carbons (Fsp3) is 0.438. The van der Waals surface area contributed by atoms with E-state index in [9.17, 15) is 0 Å². The standard InChI is InChI=1S/C16H23N5/c1-12(2)9-10-17-16-20-15(11-18-21-16)19-13(3)14-7-5-4-6-8-14/h4-8,11-13H,9-10H2,1-3H3,(H2,17,19,20,21). The first-order valence-corrected chi connectivity index (χ1v) is 7.40. The highest BCUT2D eigenvalue weighted by Gasteiger charge is 2.07. The van der Waals surface area contributed by atoms with Crippen LogP contribution in [0.5, 0.6) is 0 Å². The number of hydrogen-bond acceptors (Lipinski definition) is 5. The lowest BCUT2D eigenvalue weighted by Crippen LogP contribution is -2.12. The molecule has 0 aliphatic carbocycles. The van der Waals surface area contributed by atoms with Crippen molar-refractivity contribution in [2.45, 2.75) is 33.2 Å². The highest BCUT2D eigenvalue weighted by Crippen LogP contribution is 2.17. The van der Waals surface area contributed by atoms with Gasteiger partial charge in [-0.2, -0.15) is 10.1 Å². The van der Waals surface area contributed by atoms with Gasteiger partial charge in [-0.05, 0) is 24.8 Å². The van der Waals surface area contributed by atoms with E-state index in [1.165, 1.54) is 5.56 Å². The molecule has 0 aliphatic heterocycles. The predicted molar refractivity (Wildman–Crippen MR) is 86.3 cm³/mol. The van der Waals surface area contributed by atoms with Gasteiger partial charge in [-0.15, -0.1) is 5.10 Å². The van der Waals surface area contributed by atoms with E-state index >= 15 is 0 Å². The van der Waals surface area contributed by atoms with Crippen molar-refractivity contribution in [3.8, 4) is 0 Å². The Hall–Kier alpha value is -2.17. The van der Waals surface area contributed by atoms with Crippen molar-refractivity contribution in [1.29, 1.82) is 0 Å². The van der Waals surface area contributed by atoms with Crippen molar-refractivity contribution in [3.63, 3.8) is 0 Å². The maximum Gasteiger partial charge on any atom is 0.244 e. The molecule has 5 nitrogen and oxygen atoms in total. The summed E-state index contributed by atoms with van der Waals surface area (Å²) < 4.78 is 0. The van der Waals surface area contributed by atoms with E-state index in [1.54, 1.807) is 6.20 Å². The van der Waals surface area contributed by atoms with Crippen LogP contribution in [0.2, 0.25) is 0 Å². The zero-order valence-electron chi connectivity index (χ0n) is 12.9. The summed E-state index contributed by atoms with van der Waals surface area (Å²) in [5.41, 5.74) is 1.21. The first kappa shape index (κ1) is 15.2. The molecular weight excluding hydrogens is 262 g/mol. The summed E-state index contributed by atoms with van der Waals surface area (Å²) in [5, 5.41) is 14.5. The Morgan fingerprint density at radius 2 is 1.86 bits per heavy atom. The third-order valence-electron chi connectivity index (χ3n) is 3.23. The van der Waals surface area contributed by atoms with Gasteiger partial charge in [0.2, 0.25) is 5.95 Å². The number of rotatable bonds is 7. The summed E-state index contributed by atoms with van der Waals surface area (Å²) in [4.78, 5) is 4.44. The number of anilines is 2. The van der Waals surface area contributed by atoms with Crippen LogP contribution in [0.25, 0.3) is 0 Å². The van der Waals surface area contributed by atoms with Gasteiger partial charge in [0, 0.05) is 12.6 Å². The largest absolute Gasteiger partial charge is 0.362 e. The van der Waals surface area contributed by atoms with E-state index in [0.29, 0.717) is 11.9 Å². The first-order chi connectivity index (χ1) is 10.1. The van der Waals surface area contributed by atoms with Crippen molar-refractivity contribution >= 4 is 11.8 Å². The number of nitrogens with zero attached hydrogens (tertiary/aromatic N) is 3. The van der Waals surface area contributed by atoms with E-state index in [1.807, 2.05) is 18.2 Å². The van der Waals surface area contributed by atoms with Crippen LogP contribution < -0.4 is 10.6 Å². The first-order valence-electron chi connectivity index (χ1n) is 7.40. The molecule has 0 radical (unpaired) electrons. The molecule has 1 aromatic carbocycles. The van der Waals surface area contributed by atoms with Crippen LogP contribution in [0.4, 0.5) is 11.8 Å². The number of aromatic nitrogens is 3. The van der Waals surface area contributed by atoms with Crippen molar-refractivity contribution in [2.75, 3.05) is 17.2 Å². The molecule has 2 aromatic rings. The Morgan fingerprint density at radius 3 is 2.57 bits per heavy atom. The Bertz CT molecular complexity index is 541. The summed E-state index contributed by atoms with van der Waals surface area (Å²) in [6.45, 7) is 7.35. The van der Waals surface area contributed by atoms with Crippen molar-refractivity contribution in [2.24, 2.45) is 5.92 Å². The molecule has 112 valence electrons. The maximum atomic E-state index is 4.44. The molecule has 0 spiro atoms. The summed E-state index contributed by atoms with van der Waals surface area (Å²) in [7, 11) is 0. The van der Waals surface area contributed by atoms with Gasteiger partial charge in [-0.3, -0.25) is 0 Å². The molecule has 0 bridgehead atoms. The minimum absolute atomic E-state index is 0.173. The smallest absolute Gasteiger partial charge is 0.244 e. The fourth-order valence-corrected chi connectivity index (χ4v) is 1.97. The van der Waals surface area contributed by atoms with Crippen molar-refractivity contribution < 1.29 is 0 Å². The lowest BCUT2D eigenvalue weighted by molar-refractivity contribution is 0.605. The maximum absolute atomic E-state index is 4.44. The number of nitrogens with one attached hydrogen (secondary N) is 2. The molecule has 0 amide bonds. The Kier molecular flexibility index (Phi) is 5.49. The molecule has 0 saturated carbocycles. The van der Waals surface area contributed by atoms with Crippen LogP contribution in [0.1, 0.15) is 38.8 Å². The molecule has 0 saturated heterocycles. The molecule has 1 atom stereocenters. The normalized spacial score (nSPS) is 12.2. The lowest BCUT2D eigenvalue weighted by Gasteiger charge is -2.15. The van der Waals surface area contributed by atoms with Gasteiger partial charge in [0.05, 0.1) is 6.20 Å². The third kappa shape index (κ3) is 5.02. The zero-order chi connectivity index (χ0) is 15.1. The van der Waals surface area contributed by atoms with Crippen molar-refractivity contribution in [3.05, 3.63) is 42.1 Å². The topological polar surface area (TPSA) is 62.7 Å². The molecule has 1 heterocycles. The Balaban J connectivity index is 1.94. The summed E-state index contributed by atoms with van der Waals surface area (Å²) >= 11 is 0. The van der Waals surface area contributed by atoms with Gasteiger partial charge in [0.15, 0.2) is 5.82 Å². The van der Waals surface area contributed by atoms with Gasteiger partial charge in [-0.1, -0.05) is 44.2 Å². The summed E-state index contributed by atoms with van der Waals surface area (Å²) in [5.74, 6) is 1.96. The quantitative estimate of drug-likeness (QED) is 0.815. The van der Waals surface area contributed by atoms with Gasteiger partial charge in [0.1, 0.15) is 0 Å². The minimum atomic E-state index is 0.173. The van der Waals surface area contributed by atoms with E-state index in [2.05, 4.69) is 58.7 Å². The lowest BCUT2D eigenvalue weighted by atomic mass is 10.1. The SMILES string of the molecule is CC(C)CCNc1nncc(NC(C)c2ccccc2)n1. The Morgan fingerprint density at radius 1 is 1.10 bits per heavy atom.